The maximum atomic E-state index is 11.3. The molecule has 0 saturated heterocycles. The van der Waals surface area contributed by atoms with Crippen LogP contribution in [-0.4, -0.2) is 72.5 Å². The normalized spacial score (nSPS) is 13.9. The van der Waals surface area contributed by atoms with Crippen molar-refractivity contribution in [2.75, 3.05) is 0 Å². The van der Waals surface area contributed by atoms with Crippen molar-refractivity contribution in [2.24, 2.45) is 0 Å². The number of rotatable bonds is 4. The van der Waals surface area contributed by atoms with Crippen LogP contribution in [0, 0.1) is 0 Å². The van der Waals surface area contributed by atoms with Crippen LogP contribution in [0.25, 0.3) is 0 Å². The summed E-state index contributed by atoms with van der Waals surface area (Å²) in [6, 6.07) is 0. The zero-order valence-electron chi connectivity index (χ0n) is 23.4. The number of ketones is 4. The van der Waals surface area contributed by atoms with Crippen LogP contribution >= 0.6 is 0 Å². The van der Waals surface area contributed by atoms with Crippen LogP contribution < -0.4 is 20.4 Å². The maximum Gasteiger partial charge on any atom is 2.00 e. The molecular weight excluding hydrogens is 936 g/mol. The minimum Gasteiger partial charge on any atom is -0.869 e. The molecule has 0 unspecified atom stereocenters. The van der Waals surface area contributed by atoms with E-state index >= 15 is 0 Å². The summed E-state index contributed by atoms with van der Waals surface area (Å²) < 4.78 is 271. The number of carbonyl (C=O) groups is 4. The van der Waals surface area contributed by atoms with Gasteiger partial charge in [0.1, 0.15) is 0 Å². The van der Waals surface area contributed by atoms with Crippen LogP contribution in [-0.2, 0) is 53.3 Å². The van der Waals surface area contributed by atoms with Gasteiger partial charge in [-0.3, -0.25) is 19.2 Å². The molecule has 0 saturated carbocycles. The van der Waals surface area contributed by atoms with Gasteiger partial charge in [-0.25, -0.2) is 0 Å². The summed E-state index contributed by atoms with van der Waals surface area (Å²) in [6.45, 7) is 0. The second-order valence-corrected chi connectivity index (χ2v) is 7.47. The molecule has 0 bridgehead atoms. The fraction of sp³-hybridized carbons (Fsp3) is 0.400. The summed E-state index contributed by atoms with van der Waals surface area (Å²) in [7, 11) is 0. The smallest absolute Gasteiger partial charge is 0.869 e. The summed E-state index contributed by atoms with van der Waals surface area (Å²) >= 11 is 0. The Kier molecular flexibility index (Phi) is 25.3. The minimum absolute atomic E-state index is 0. The van der Waals surface area contributed by atoms with Crippen LogP contribution in [0.1, 0.15) is 0 Å². The van der Waals surface area contributed by atoms with E-state index in [2.05, 4.69) is 0 Å². The van der Waals surface area contributed by atoms with Crippen molar-refractivity contribution in [3.63, 3.8) is 0 Å². The molecule has 8 nitrogen and oxygen atoms in total. The van der Waals surface area contributed by atoms with E-state index in [4.69, 9.17) is 0 Å². The first-order chi connectivity index (χ1) is 22.2. The molecule has 0 aliphatic carbocycles. The third-order valence-corrected chi connectivity index (χ3v) is 3.28. The predicted octanol–water partition coefficient (Wildman–Crippen LogP) is 3.69. The Labute approximate surface area is 299 Å². The molecule has 0 amide bonds. The van der Waals surface area contributed by atoms with Crippen LogP contribution in [0.2, 0.25) is 0 Å². The Morgan fingerprint density at radius 3 is 0.407 bits per heavy atom. The van der Waals surface area contributed by atoms with Crippen LogP contribution in [0.4, 0.5) is 105 Å². The summed E-state index contributed by atoms with van der Waals surface area (Å²) in [4.78, 5) is 39.3. The van der Waals surface area contributed by atoms with E-state index in [-0.39, 0.29) is 34.1 Å². The zero-order chi connectivity index (χ0) is 43.4. The molecule has 0 spiro atoms. The van der Waals surface area contributed by atoms with E-state index in [9.17, 15) is 145 Å². The number of hydrogen-bond acceptors (Lipinski definition) is 8. The first-order valence-electron chi connectivity index (χ1n) is 10.5. The molecule has 0 atom stereocenters. The minimum atomic E-state index is -5.46. The molecule has 0 aromatic rings. The van der Waals surface area contributed by atoms with Crippen LogP contribution in [0.3, 0.4) is 0 Å². The standard InChI is InChI=1S/4C5H2F6O2.2Fe/c4*6-4(7,8)2(12)1-3(13)5(9,10)11;;/h4*1,12H;;/q;;;;2*+2/p-4/b4*2-1-;;. The van der Waals surface area contributed by atoms with Gasteiger partial charge < -0.3 is 20.4 Å². The molecule has 0 radical (unpaired) electrons. The van der Waals surface area contributed by atoms with E-state index in [1.165, 1.54) is 0 Å². The number of halogens is 24. The Morgan fingerprint density at radius 2 is 0.352 bits per heavy atom. The van der Waals surface area contributed by atoms with Crippen molar-refractivity contribution < 1.29 is 179 Å². The van der Waals surface area contributed by atoms with Crippen molar-refractivity contribution in [3.05, 3.63) is 47.3 Å². The molecule has 54 heavy (non-hydrogen) atoms. The maximum absolute atomic E-state index is 11.3. The van der Waals surface area contributed by atoms with Gasteiger partial charge >= 0.3 is 83.5 Å². The molecule has 0 aromatic heterocycles. The van der Waals surface area contributed by atoms with E-state index in [1.54, 1.807) is 0 Å². The molecule has 0 N–H and O–H groups in total. The Bertz CT molecular complexity index is 1160. The molecule has 0 aliphatic heterocycles. The number of hydrogen-bond donors (Lipinski definition) is 0. The van der Waals surface area contributed by atoms with Crippen molar-refractivity contribution >= 4 is 23.1 Å². The Balaban J connectivity index is -0.000000140. The molecule has 0 aromatic carbocycles. The largest absolute Gasteiger partial charge is 2.00 e. The summed E-state index contributed by atoms with van der Waals surface area (Å²) in [5, 5.41) is 39.3. The van der Waals surface area contributed by atoms with Crippen LogP contribution in [0.5, 0.6) is 0 Å². The molecule has 0 rings (SSSR count). The van der Waals surface area contributed by atoms with Gasteiger partial charge in [0.15, 0.2) is 0 Å². The fourth-order valence-electron chi connectivity index (χ4n) is 1.13. The molecule has 34 heteroatoms. The van der Waals surface area contributed by atoms with Gasteiger partial charge in [0.25, 0.3) is 23.1 Å². The van der Waals surface area contributed by atoms with E-state index < -0.39 is 120 Å². The summed E-state index contributed by atoms with van der Waals surface area (Å²) in [5.41, 5.74) is 0. The number of allylic oxidation sites excluding steroid dienone is 8. The van der Waals surface area contributed by atoms with Gasteiger partial charge in [0.2, 0.25) is 0 Å². The van der Waals surface area contributed by atoms with E-state index in [0.29, 0.717) is 0 Å². The Morgan fingerprint density at radius 1 is 0.259 bits per heavy atom. The van der Waals surface area contributed by atoms with Crippen LogP contribution in [0.15, 0.2) is 47.3 Å². The van der Waals surface area contributed by atoms with Crippen molar-refractivity contribution in [1.29, 1.82) is 0 Å². The van der Waals surface area contributed by atoms with Gasteiger partial charge in [-0.15, -0.1) is 0 Å². The molecule has 316 valence electrons. The molecular formula is C20H4F24Fe2O8. The van der Waals surface area contributed by atoms with Gasteiger partial charge in [-0.1, -0.05) is 0 Å². The monoisotopic (exact) mass is 940 g/mol. The van der Waals surface area contributed by atoms with Gasteiger partial charge in [-0.2, -0.15) is 105 Å². The quantitative estimate of drug-likeness (QED) is 0.179. The number of carbonyl (C=O) groups excluding carboxylic acids is 4. The third-order valence-electron chi connectivity index (χ3n) is 3.28. The first-order valence-corrected chi connectivity index (χ1v) is 10.5. The number of alkyl halides is 24. The average Bonchev–Trinajstić information content (AvgIpc) is 2.85. The predicted molar refractivity (Wildman–Crippen MR) is 101 cm³/mol. The first kappa shape index (κ1) is 62.2. The molecule has 0 heterocycles. The van der Waals surface area contributed by atoms with Crippen molar-refractivity contribution in [1.82, 2.24) is 0 Å². The average molecular weight is 940 g/mol. The summed E-state index contributed by atoms with van der Waals surface area (Å²) in [6.07, 6.45) is -47.8. The second-order valence-electron chi connectivity index (χ2n) is 7.47. The molecule has 0 aliphatic rings. The second kappa shape index (κ2) is 21.9. The van der Waals surface area contributed by atoms with Gasteiger partial charge in [0.05, 0.1) is 0 Å². The van der Waals surface area contributed by atoms with E-state index in [0.717, 1.165) is 0 Å². The molecule has 0 fully saturated rings. The van der Waals surface area contributed by atoms with Crippen molar-refractivity contribution in [2.45, 2.75) is 49.4 Å². The third kappa shape index (κ3) is 29.6. The van der Waals surface area contributed by atoms with E-state index in [1.807, 2.05) is 0 Å². The van der Waals surface area contributed by atoms with Gasteiger partial charge in [0, 0.05) is 0 Å². The Hall–Kier alpha value is -3.80. The van der Waals surface area contributed by atoms with Gasteiger partial charge in [-0.05, 0) is 47.3 Å². The SMILES string of the molecule is O=C(/C=C(\[O-])C(F)(F)F)C(F)(F)F.O=C(/C=C(\[O-])C(F)(F)F)C(F)(F)F.O=C(/C=C(\[O-])C(F)(F)F)C(F)(F)F.O=C(/C=C(\[O-])C(F)(F)F)C(F)(F)F.[Fe+2].[Fe+2]. The fourth-order valence-corrected chi connectivity index (χ4v) is 1.13. The summed E-state index contributed by atoms with van der Waals surface area (Å²) in [5.74, 6) is -22.6. The van der Waals surface area contributed by atoms with Crippen molar-refractivity contribution in [3.8, 4) is 0 Å². The topological polar surface area (TPSA) is 161 Å². The zero-order valence-corrected chi connectivity index (χ0v) is 25.6.